The van der Waals surface area contributed by atoms with Gasteiger partial charge in [0.2, 0.25) is 15.9 Å². The number of carbonyl (C=O) groups is 1. The van der Waals surface area contributed by atoms with Crippen LogP contribution in [-0.2, 0) is 27.9 Å². The van der Waals surface area contributed by atoms with E-state index in [0.717, 1.165) is 42.1 Å². The van der Waals surface area contributed by atoms with Crippen LogP contribution in [0.2, 0.25) is 5.02 Å². The Kier molecular flexibility index (Phi) is 7.18. The second-order valence-electron chi connectivity index (χ2n) is 8.20. The number of nitrogens with one attached hydrogen (secondary N) is 1. The lowest BCUT2D eigenvalue weighted by molar-refractivity contribution is -0.121. The van der Waals surface area contributed by atoms with E-state index in [2.05, 4.69) is 5.32 Å². The van der Waals surface area contributed by atoms with Crippen molar-refractivity contribution in [1.82, 2.24) is 14.2 Å². The summed E-state index contributed by atoms with van der Waals surface area (Å²) in [5.74, 6) is -0.0397. The van der Waals surface area contributed by atoms with Crippen molar-refractivity contribution >= 4 is 38.4 Å². The van der Waals surface area contributed by atoms with Crippen LogP contribution in [0.3, 0.4) is 0 Å². The van der Waals surface area contributed by atoms with Crippen molar-refractivity contribution in [3.05, 3.63) is 65.3 Å². The summed E-state index contributed by atoms with van der Waals surface area (Å²) >= 11 is 5.88. The standard InChI is InChI=1S/C24H28ClN3O3S/c25-21-7-5-19(6-8-21)18-26-24(29)12-16-27-15-11-20-17-22(9-10-23(20)27)32(30,31)28-13-3-1-2-4-14-28/h5-11,15,17H,1-4,12-14,16,18H2,(H,26,29). The molecule has 3 aromatic rings. The fourth-order valence-electron chi connectivity index (χ4n) is 4.08. The van der Waals surface area contributed by atoms with Crippen LogP contribution in [0.15, 0.2) is 59.6 Å². The van der Waals surface area contributed by atoms with Gasteiger partial charge in [-0.25, -0.2) is 8.42 Å². The number of halogens is 1. The minimum atomic E-state index is -3.48. The van der Waals surface area contributed by atoms with Crippen molar-refractivity contribution in [2.45, 2.75) is 50.1 Å². The Balaban J connectivity index is 1.39. The van der Waals surface area contributed by atoms with E-state index in [1.807, 2.05) is 35.0 Å². The summed E-state index contributed by atoms with van der Waals surface area (Å²) in [5, 5.41) is 4.45. The van der Waals surface area contributed by atoms with Gasteiger partial charge in [0.25, 0.3) is 0 Å². The summed E-state index contributed by atoms with van der Waals surface area (Å²) in [6.07, 6.45) is 6.24. The summed E-state index contributed by atoms with van der Waals surface area (Å²) in [6.45, 7) is 2.16. The molecule has 0 spiro atoms. The van der Waals surface area contributed by atoms with Crippen LogP contribution in [-0.4, -0.2) is 36.3 Å². The molecule has 0 aliphatic carbocycles. The van der Waals surface area contributed by atoms with E-state index < -0.39 is 10.0 Å². The molecule has 0 atom stereocenters. The highest BCUT2D eigenvalue weighted by Gasteiger charge is 2.25. The van der Waals surface area contributed by atoms with Gasteiger partial charge in [-0.1, -0.05) is 36.6 Å². The lowest BCUT2D eigenvalue weighted by Gasteiger charge is -2.20. The van der Waals surface area contributed by atoms with Crippen LogP contribution in [0.1, 0.15) is 37.7 Å². The normalized spacial score (nSPS) is 15.5. The van der Waals surface area contributed by atoms with Crippen LogP contribution in [0.4, 0.5) is 0 Å². The number of nitrogens with zero attached hydrogens (tertiary/aromatic N) is 2. The van der Waals surface area contributed by atoms with Crippen LogP contribution in [0, 0.1) is 0 Å². The summed E-state index contributed by atoms with van der Waals surface area (Å²) in [7, 11) is -3.48. The van der Waals surface area contributed by atoms with Crippen LogP contribution < -0.4 is 5.32 Å². The number of hydrogen-bond donors (Lipinski definition) is 1. The third-order valence-corrected chi connectivity index (χ3v) is 8.07. The highest BCUT2D eigenvalue weighted by Crippen LogP contribution is 2.25. The first kappa shape index (κ1) is 22.8. The fourth-order valence-corrected chi connectivity index (χ4v) is 5.76. The molecular formula is C24H28ClN3O3S. The molecule has 0 unspecified atom stereocenters. The van der Waals surface area contributed by atoms with Gasteiger partial charge in [0.05, 0.1) is 4.90 Å². The molecule has 2 heterocycles. The molecule has 1 aliphatic rings. The molecule has 1 amide bonds. The van der Waals surface area contributed by atoms with Crippen LogP contribution >= 0.6 is 11.6 Å². The fraction of sp³-hybridized carbons (Fsp3) is 0.375. The van der Waals surface area contributed by atoms with Gasteiger partial charge in [-0.05, 0) is 54.8 Å². The van der Waals surface area contributed by atoms with Gasteiger partial charge in [-0.15, -0.1) is 0 Å². The van der Waals surface area contributed by atoms with E-state index >= 15 is 0 Å². The number of fused-ring (bicyclic) bond motifs is 1. The molecule has 0 bridgehead atoms. The Labute approximate surface area is 194 Å². The molecule has 0 radical (unpaired) electrons. The third kappa shape index (κ3) is 5.34. The molecule has 32 heavy (non-hydrogen) atoms. The van der Waals surface area contributed by atoms with Crippen molar-refractivity contribution in [1.29, 1.82) is 0 Å². The largest absolute Gasteiger partial charge is 0.352 e. The van der Waals surface area contributed by atoms with E-state index in [9.17, 15) is 13.2 Å². The average molecular weight is 474 g/mol. The van der Waals surface area contributed by atoms with E-state index in [0.29, 0.717) is 42.5 Å². The molecule has 1 aliphatic heterocycles. The second kappa shape index (κ2) is 10.1. The molecule has 2 aromatic carbocycles. The quantitative estimate of drug-likeness (QED) is 0.546. The molecule has 170 valence electrons. The van der Waals surface area contributed by atoms with Gasteiger partial charge < -0.3 is 9.88 Å². The molecular weight excluding hydrogens is 446 g/mol. The number of sulfonamides is 1. The predicted molar refractivity (Wildman–Crippen MR) is 127 cm³/mol. The number of rotatable bonds is 7. The van der Waals surface area contributed by atoms with Crippen LogP contribution in [0.5, 0.6) is 0 Å². The Morgan fingerprint density at radius 1 is 0.969 bits per heavy atom. The number of benzene rings is 2. The van der Waals surface area contributed by atoms with Crippen LogP contribution in [0.25, 0.3) is 10.9 Å². The minimum absolute atomic E-state index is 0.0397. The minimum Gasteiger partial charge on any atom is -0.352 e. The molecule has 4 rings (SSSR count). The van der Waals surface area contributed by atoms with Crippen molar-refractivity contribution in [2.24, 2.45) is 0 Å². The summed E-state index contributed by atoms with van der Waals surface area (Å²) in [4.78, 5) is 12.6. The average Bonchev–Trinajstić information content (AvgIpc) is 2.99. The monoisotopic (exact) mass is 473 g/mol. The maximum Gasteiger partial charge on any atom is 0.243 e. The Morgan fingerprint density at radius 2 is 1.69 bits per heavy atom. The van der Waals surface area contributed by atoms with Gasteiger partial charge in [-0.3, -0.25) is 4.79 Å². The summed E-state index contributed by atoms with van der Waals surface area (Å²) in [5.41, 5.74) is 1.91. The number of aryl methyl sites for hydroxylation is 1. The van der Waals surface area contributed by atoms with Crippen molar-refractivity contribution in [2.75, 3.05) is 13.1 Å². The van der Waals surface area contributed by atoms with Crippen molar-refractivity contribution < 1.29 is 13.2 Å². The number of aromatic nitrogens is 1. The lowest BCUT2D eigenvalue weighted by atomic mass is 10.2. The number of amides is 1. The molecule has 1 fully saturated rings. The zero-order valence-electron chi connectivity index (χ0n) is 18.0. The second-order valence-corrected chi connectivity index (χ2v) is 10.6. The van der Waals surface area contributed by atoms with Gasteiger partial charge >= 0.3 is 0 Å². The molecule has 1 saturated heterocycles. The predicted octanol–water partition coefficient (Wildman–Crippen LogP) is 4.57. The van der Waals surface area contributed by atoms with E-state index in [1.165, 1.54) is 0 Å². The highest BCUT2D eigenvalue weighted by molar-refractivity contribution is 7.89. The highest BCUT2D eigenvalue weighted by atomic mass is 35.5. The van der Waals surface area contributed by atoms with Gasteiger partial charge in [0.15, 0.2) is 0 Å². The molecule has 0 saturated carbocycles. The first-order chi connectivity index (χ1) is 15.4. The number of hydrogen-bond acceptors (Lipinski definition) is 3. The molecule has 6 nitrogen and oxygen atoms in total. The number of carbonyl (C=O) groups excluding carboxylic acids is 1. The first-order valence-electron chi connectivity index (χ1n) is 11.0. The molecule has 1 aromatic heterocycles. The zero-order chi connectivity index (χ0) is 22.6. The van der Waals surface area contributed by atoms with E-state index in [1.54, 1.807) is 28.6 Å². The van der Waals surface area contributed by atoms with Gasteiger partial charge in [0, 0.05) is 54.7 Å². The maximum absolute atomic E-state index is 13.1. The Bertz CT molecular complexity index is 1180. The summed E-state index contributed by atoms with van der Waals surface area (Å²) in [6, 6.07) is 14.5. The lowest BCUT2D eigenvalue weighted by Crippen LogP contribution is -2.31. The van der Waals surface area contributed by atoms with E-state index in [-0.39, 0.29) is 5.91 Å². The van der Waals surface area contributed by atoms with E-state index in [4.69, 9.17) is 11.6 Å². The van der Waals surface area contributed by atoms with Gasteiger partial charge in [0.1, 0.15) is 0 Å². The maximum atomic E-state index is 13.1. The smallest absolute Gasteiger partial charge is 0.243 e. The topological polar surface area (TPSA) is 71.4 Å². The van der Waals surface area contributed by atoms with Crippen molar-refractivity contribution in [3.63, 3.8) is 0 Å². The van der Waals surface area contributed by atoms with Crippen molar-refractivity contribution in [3.8, 4) is 0 Å². The van der Waals surface area contributed by atoms with Gasteiger partial charge in [-0.2, -0.15) is 4.31 Å². The Morgan fingerprint density at radius 3 is 2.41 bits per heavy atom. The SMILES string of the molecule is O=C(CCn1ccc2cc(S(=O)(=O)N3CCCCCC3)ccc21)NCc1ccc(Cl)cc1. The third-order valence-electron chi connectivity index (χ3n) is 5.93. The first-order valence-corrected chi connectivity index (χ1v) is 12.9. The molecule has 8 heteroatoms. The molecule has 1 N–H and O–H groups in total. The zero-order valence-corrected chi connectivity index (χ0v) is 19.5. The Hall–Kier alpha value is -2.35. The summed E-state index contributed by atoms with van der Waals surface area (Å²) < 4.78 is 29.7.